The van der Waals surface area contributed by atoms with Crippen LogP contribution in [0.2, 0.25) is 0 Å². The van der Waals surface area contributed by atoms with E-state index in [4.69, 9.17) is 0 Å². The van der Waals surface area contributed by atoms with E-state index in [9.17, 15) is 10.1 Å². The van der Waals surface area contributed by atoms with Crippen LogP contribution >= 0.6 is 11.3 Å². The van der Waals surface area contributed by atoms with Crippen LogP contribution in [0.5, 0.6) is 0 Å². The van der Waals surface area contributed by atoms with Crippen molar-refractivity contribution in [2.45, 2.75) is 32.2 Å². The summed E-state index contributed by atoms with van der Waals surface area (Å²) in [6, 6.07) is 3.66. The number of nitrogens with zero attached hydrogens (tertiary/aromatic N) is 2. The second-order valence-corrected chi connectivity index (χ2v) is 6.60. The number of rotatable bonds is 3. The minimum atomic E-state index is -0.318. The number of nitro benzene ring substituents is 1. The zero-order valence-electron chi connectivity index (χ0n) is 11.9. The lowest BCUT2D eigenvalue weighted by Gasteiger charge is -2.17. The summed E-state index contributed by atoms with van der Waals surface area (Å²) in [7, 11) is 0. The Kier molecular flexibility index (Phi) is 4.03. The van der Waals surface area contributed by atoms with Crippen LogP contribution in [0.15, 0.2) is 12.1 Å². The summed E-state index contributed by atoms with van der Waals surface area (Å²) >= 11 is 1.49. The molecule has 1 fully saturated rings. The Hall–Kier alpha value is -1.73. The maximum absolute atomic E-state index is 11.3. The van der Waals surface area contributed by atoms with Gasteiger partial charge in [-0.05, 0) is 32.4 Å². The first-order valence-electron chi connectivity index (χ1n) is 7.16. The molecule has 1 aliphatic rings. The van der Waals surface area contributed by atoms with E-state index in [0.717, 1.165) is 47.6 Å². The van der Waals surface area contributed by atoms with Crippen molar-refractivity contribution in [1.29, 1.82) is 0 Å². The predicted octanol–water partition coefficient (Wildman–Crippen LogP) is 3.07. The molecule has 2 N–H and O–H groups in total. The molecule has 0 bridgehead atoms. The predicted molar refractivity (Wildman–Crippen MR) is 85.1 cm³/mol. The van der Waals surface area contributed by atoms with Crippen LogP contribution in [0.4, 0.5) is 11.4 Å². The van der Waals surface area contributed by atoms with Crippen molar-refractivity contribution < 1.29 is 4.92 Å². The number of nitro groups is 1. The third-order valence-electron chi connectivity index (χ3n) is 3.72. The van der Waals surface area contributed by atoms with Gasteiger partial charge in [0.1, 0.15) is 5.69 Å². The molecule has 1 aromatic heterocycles. The van der Waals surface area contributed by atoms with Gasteiger partial charge in [0, 0.05) is 18.7 Å². The molecule has 3 rings (SSSR count). The highest BCUT2D eigenvalue weighted by molar-refractivity contribution is 7.18. The number of aromatic nitrogens is 1. The lowest BCUT2D eigenvalue weighted by atomic mass is 10.1. The summed E-state index contributed by atoms with van der Waals surface area (Å²) in [5, 5.41) is 18.9. The number of benzene rings is 1. The summed E-state index contributed by atoms with van der Waals surface area (Å²) < 4.78 is 0.865. The topological polar surface area (TPSA) is 80.1 Å². The molecule has 7 heteroatoms. The fourth-order valence-electron chi connectivity index (χ4n) is 2.71. The van der Waals surface area contributed by atoms with E-state index in [0.29, 0.717) is 5.69 Å². The molecular formula is C14H18N4O2S. The normalized spacial score (nSPS) is 19.4. The zero-order chi connectivity index (χ0) is 14.8. The Bertz CT molecular complexity index is 662. The SMILES string of the molecule is Cc1nc2cc(NC3CCCCNC3)c([N+](=O)[O-])cc2s1. The molecule has 2 aromatic rings. The van der Waals surface area contributed by atoms with Gasteiger partial charge in [0.2, 0.25) is 0 Å². The smallest absolute Gasteiger partial charge is 0.293 e. The fourth-order valence-corrected chi connectivity index (χ4v) is 3.55. The van der Waals surface area contributed by atoms with Crippen molar-refractivity contribution in [3.8, 4) is 0 Å². The Balaban J connectivity index is 1.94. The quantitative estimate of drug-likeness (QED) is 0.673. The molecule has 0 radical (unpaired) electrons. The Morgan fingerprint density at radius 2 is 2.33 bits per heavy atom. The fraction of sp³-hybridized carbons (Fsp3) is 0.500. The summed E-state index contributed by atoms with van der Waals surface area (Å²) in [5.41, 5.74) is 1.54. The van der Waals surface area contributed by atoms with Gasteiger partial charge in [-0.15, -0.1) is 11.3 Å². The van der Waals surface area contributed by atoms with Crippen molar-refractivity contribution in [2.75, 3.05) is 18.4 Å². The third kappa shape index (κ3) is 3.14. The van der Waals surface area contributed by atoms with Crippen molar-refractivity contribution in [3.63, 3.8) is 0 Å². The summed E-state index contributed by atoms with van der Waals surface area (Å²) in [5.74, 6) is 0. The molecule has 112 valence electrons. The third-order valence-corrected chi connectivity index (χ3v) is 4.65. The van der Waals surface area contributed by atoms with Gasteiger partial charge in [-0.2, -0.15) is 0 Å². The maximum Gasteiger partial charge on any atom is 0.293 e. The molecule has 2 heterocycles. The molecule has 0 saturated carbocycles. The van der Waals surface area contributed by atoms with Crippen LogP contribution in [0.25, 0.3) is 10.2 Å². The van der Waals surface area contributed by atoms with E-state index in [1.807, 2.05) is 13.0 Å². The first-order chi connectivity index (χ1) is 10.1. The lowest BCUT2D eigenvalue weighted by molar-refractivity contribution is -0.383. The highest BCUT2D eigenvalue weighted by atomic mass is 32.1. The molecule has 6 nitrogen and oxygen atoms in total. The first kappa shape index (κ1) is 14.2. The number of nitrogens with one attached hydrogen (secondary N) is 2. The average Bonchev–Trinajstić information content (AvgIpc) is 2.62. The zero-order valence-corrected chi connectivity index (χ0v) is 12.7. The highest BCUT2D eigenvalue weighted by Crippen LogP contribution is 2.33. The van der Waals surface area contributed by atoms with Crippen LogP contribution in [0, 0.1) is 17.0 Å². The summed E-state index contributed by atoms with van der Waals surface area (Å²) in [4.78, 5) is 15.4. The maximum atomic E-state index is 11.3. The molecule has 1 aliphatic heterocycles. The van der Waals surface area contributed by atoms with Gasteiger partial charge in [0.15, 0.2) is 0 Å². The highest BCUT2D eigenvalue weighted by Gasteiger charge is 2.20. The molecule has 1 atom stereocenters. The second kappa shape index (κ2) is 5.95. The van der Waals surface area contributed by atoms with Crippen LogP contribution in [0.3, 0.4) is 0 Å². The minimum Gasteiger partial charge on any atom is -0.375 e. The first-order valence-corrected chi connectivity index (χ1v) is 7.98. The molecule has 0 spiro atoms. The molecule has 0 amide bonds. The van der Waals surface area contributed by atoms with E-state index in [2.05, 4.69) is 15.6 Å². The number of anilines is 1. The summed E-state index contributed by atoms with van der Waals surface area (Å²) in [6.07, 6.45) is 3.32. The van der Waals surface area contributed by atoms with Gasteiger partial charge in [-0.3, -0.25) is 10.1 Å². The monoisotopic (exact) mass is 306 g/mol. The molecule has 21 heavy (non-hydrogen) atoms. The molecule has 1 unspecified atom stereocenters. The van der Waals surface area contributed by atoms with Crippen LogP contribution in [-0.4, -0.2) is 29.0 Å². The van der Waals surface area contributed by atoms with Crippen LogP contribution in [0.1, 0.15) is 24.3 Å². The molecular weight excluding hydrogens is 288 g/mol. The van der Waals surface area contributed by atoms with Gasteiger partial charge in [-0.25, -0.2) is 4.98 Å². The van der Waals surface area contributed by atoms with Gasteiger partial charge in [0.25, 0.3) is 5.69 Å². The van der Waals surface area contributed by atoms with Crippen molar-refractivity contribution >= 4 is 32.9 Å². The van der Waals surface area contributed by atoms with E-state index >= 15 is 0 Å². The number of hydrogen-bond acceptors (Lipinski definition) is 6. The Morgan fingerprint density at radius 1 is 1.48 bits per heavy atom. The van der Waals surface area contributed by atoms with E-state index in [1.54, 1.807) is 6.07 Å². The Morgan fingerprint density at radius 3 is 3.14 bits per heavy atom. The van der Waals surface area contributed by atoms with Crippen LogP contribution < -0.4 is 10.6 Å². The number of hydrogen-bond donors (Lipinski definition) is 2. The minimum absolute atomic E-state index is 0.135. The van der Waals surface area contributed by atoms with Crippen LogP contribution in [-0.2, 0) is 0 Å². The Labute approximate surface area is 126 Å². The van der Waals surface area contributed by atoms with E-state index < -0.39 is 0 Å². The van der Waals surface area contributed by atoms with Gasteiger partial charge >= 0.3 is 0 Å². The number of thiazole rings is 1. The molecule has 1 aromatic carbocycles. The second-order valence-electron chi connectivity index (χ2n) is 5.37. The van der Waals surface area contributed by atoms with Gasteiger partial charge in [0.05, 0.1) is 20.1 Å². The van der Waals surface area contributed by atoms with E-state index in [-0.39, 0.29) is 16.7 Å². The van der Waals surface area contributed by atoms with Gasteiger partial charge < -0.3 is 10.6 Å². The molecule has 1 saturated heterocycles. The lowest BCUT2D eigenvalue weighted by Crippen LogP contribution is -2.31. The van der Waals surface area contributed by atoms with Crippen molar-refractivity contribution in [2.24, 2.45) is 0 Å². The largest absolute Gasteiger partial charge is 0.375 e. The summed E-state index contributed by atoms with van der Waals surface area (Å²) in [6.45, 7) is 3.77. The number of aryl methyl sites for hydroxylation is 1. The van der Waals surface area contributed by atoms with Crippen molar-refractivity contribution in [1.82, 2.24) is 10.3 Å². The van der Waals surface area contributed by atoms with E-state index in [1.165, 1.54) is 11.3 Å². The standard InChI is InChI=1S/C14H18N4O2S/c1-9-16-12-6-11(13(18(19)20)7-14(12)21-9)17-10-4-2-3-5-15-8-10/h6-7,10,15,17H,2-5,8H2,1H3. The van der Waals surface area contributed by atoms with Gasteiger partial charge in [-0.1, -0.05) is 6.42 Å². The van der Waals surface area contributed by atoms with Crippen molar-refractivity contribution in [3.05, 3.63) is 27.3 Å². The number of fused-ring (bicyclic) bond motifs is 1. The molecule has 0 aliphatic carbocycles. The average molecular weight is 306 g/mol.